The zero-order chi connectivity index (χ0) is 14.2. The monoisotopic (exact) mass is 283 g/mol. The minimum absolute atomic E-state index is 0.153. The van der Waals surface area contributed by atoms with Crippen LogP contribution in [0.25, 0.3) is 0 Å². The molecule has 5 heteroatoms. The predicted octanol–water partition coefficient (Wildman–Crippen LogP) is 3.18. The largest absolute Gasteiger partial charge is 0.372 e. The van der Waals surface area contributed by atoms with E-state index in [1.165, 1.54) is 0 Å². The van der Waals surface area contributed by atoms with E-state index in [1.54, 1.807) is 0 Å². The normalized spacial score (nSPS) is 19.0. The average molecular weight is 284 g/mol. The SMILES string of the molecule is Cc1c(Cl)nc(C(C)C)nc1N1CCOC(C)(C)C1. The zero-order valence-electron chi connectivity index (χ0n) is 12.3. The number of hydrogen-bond acceptors (Lipinski definition) is 4. The molecule has 0 saturated carbocycles. The summed E-state index contributed by atoms with van der Waals surface area (Å²) in [4.78, 5) is 11.3. The lowest BCUT2D eigenvalue weighted by Crippen LogP contribution is -2.49. The Morgan fingerprint density at radius 3 is 2.58 bits per heavy atom. The van der Waals surface area contributed by atoms with Crippen LogP contribution in [0.4, 0.5) is 5.82 Å². The average Bonchev–Trinajstić information content (AvgIpc) is 2.30. The second-order valence-corrected chi connectivity index (χ2v) is 6.36. The Balaban J connectivity index is 2.38. The van der Waals surface area contributed by atoms with Crippen LogP contribution >= 0.6 is 11.6 Å². The van der Waals surface area contributed by atoms with E-state index in [0.29, 0.717) is 11.8 Å². The molecule has 2 heterocycles. The van der Waals surface area contributed by atoms with Gasteiger partial charge in [-0.15, -0.1) is 0 Å². The summed E-state index contributed by atoms with van der Waals surface area (Å²) < 4.78 is 5.75. The molecule has 0 aliphatic carbocycles. The van der Waals surface area contributed by atoms with E-state index in [1.807, 2.05) is 6.92 Å². The number of ether oxygens (including phenoxy) is 1. The standard InChI is InChI=1S/C14H22ClN3O/c1-9(2)12-16-11(15)10(3)13(17-12)18-6-7-19-14(4,5)8-18/h9H,6-8H2,1-5H3. The third kappa shape index (κ3) is 3.18. The molecule has 0 spiro atoms. The number of aromatic nitrogens is 2. The third-order valence-corrected chi connectivity index (χ3v) is 3.69. The van der Waals surface area contributed by atoms with Crippen LogP contribution in [0.3, 0.4) is 0 Å². The summed E-state index contributed by atoms with van der Waals surface area (Å²) in [5, 5.41) is 0.554. The molecule has 19 heavy (non-hydrogen) atoms. The Kier molecular flexibility index (Phi) is 4.02. The van der Waals surface area contributed by atoms with Crippen molar-refractivity contribution in [2.75, 3.05) is 24.6 Å². The summed E-state index contributed by atoms with van der Waals surface area (Å²) in [6, 6.07) is 0. The molecule has 0 amide bonds. The second kappa shape index (κ2) is 5.25. The first-order valence-corrected chi connectivity index (χ1v) is 7.11. The summed E-state index contributed by atoms with van der Waals surface area (Å²) in [6.07, 6.45) is 0. The van der Waals surface area contributed by atoms with E-state index in [0.717, 1.165) is 30.3 Å². The predicted molar refractivity (Wildman–Crippen MR) is 78.1 cm³/mol. The fraction of sp³-hybridized carbons (Fsp3) is 0.714. The Morgan fingerprint density at radius 1 is 1.32 bits per heavy atom. The molecule has 0 aromatic carbocycles. The van der Waals surface area contributed by atoms with Crippen LogP contribution < -0.4 is 4.90 Å². The van der Waals surface area contributed by atoms with Crippen molar-refractivity contribution >= 4 is 17.4 Å². The summed E-state index contributed by atoms with van der Waals surface area (Å²) in [7, 11) is 0. The van der Waals surface area contributed by atoms with E-state index >= 15 is 0 Å². The Bertz CT molecular complexity index is 474. The first-order chi connectivity index (χ1) is 8.80. The van der Waals surface area contributed by atoms with Crippen LogP contribution in [0.2, 0.25) is 5.15 Å². The minimum Gasteiger partial charge on any atom is -0.372 e. The fourth-order valence-corrected chi connectivity index (χ4v) is 2.43. The van der Waals surface area contributed by atoms with Gasteiger partial charge in [-0.1, -0.05) is 25.4 Å². The molecular formula is C14H22ClN3O. The zero-order valence-corrected chi connectivity index (χ0v) is 13.1. The van der Waals surface area contributed by atoms with Gasteiger partial charge in [0.2, 0.25) is 0 Å². The molecule has 1 fully saturated rings. The lowest BCUT2D eigenvalue weighted by molar-refractivity contribution is -0.0279. The highest BCUT2D eigenvalue weighted by atomic mass is 35.5. The topological polar surface area (TPSA) is 38.2 Å². The van der Waals surface area contributed by atoms with Gasteiger partial charge < -0.3 is 9.64 Å². The molecule has 0 atom stereocenters. The maximum Gasteiger partial charge on any atom is 0.137 e. The molecule has 1 saturated heterocycles. The van der Waals surface area contributed by atoms with E-state index in [2.05, 4.69) is 37.6 Å². The number of halogens is 1. The van der Waals surface area contributed by atoms with Crippen molar-refractivity contribution in [2.45, 2.75) is 46.1 Å². The number of morpholine rings is 1. The van der Waals surface area contributed by atoms with Crippen molar-refractivity contribution in [3.63, 3.8) is 0 Å². The molecule has 1 aromatic rings. The highest BCUT2D eigenvalue weighted by Crippen LogP contribution is 2.29. The summed E-state index contributed by atoms with van der Waals surface area (Å²) in [5.74, 6) is 2.01. The lowest BCUT2D eigenvalue weighted by atomic mass is 10.1. The maximum absolute atomic E-state index is 6.24. The molecule has 2 rings (SSSR count). The summed E-state index contributed by atoms with van der Waals surface area (Å²) >= 11 is 6.24. The van der Waals surface area contributed by atoms with Gasteiger partial charge in [0.05, 0.1) is 12.2 Å². The van der Waals surface area contributed by atoms with Crippen LogP contribution in [0.1, 0.15) is 45.0 Å². The molecule has 1 aliphatic rings. The molecular weight excluding hydrogens is 262 g/mol. The Hall–Kier alpha value is -0.870. The Morgan fingerprint density at radius 2 is 2.00 bits per heavy atom. The Labute approximate surface area is 120 Å². The van der Waals surface area contributed by atoms with Gasteiger partial charge in [0.15, 0.2) is 0 Å². The third-order valence-electron chi connectivity index (χ3n) is 3.32. The molecule has 0 radical (unpaired) electrons. The van der Waals surface area contributed by atoms with Gasteiger partial charge in [-0.3, -0.25) is 0 Å². The molecule has 106 valence electrons. The van der Waals surface area contributed by atoms with Gasteiger partial charge in [-0.25, -0.2) is 9.97 Å². The quantitative estimate of drug-likeness (QED) is 0.782. The van der Waals surface area contributed by atoms with Crippen LogP contribution in [-0.4, -0.2) is 35.3 Å². The number of rotatable bonds is 2. The van der Waals surface area contributed by atoms with Crippen LogP contribution in [0.5, 0.6) is 0 Å². The summed E-state index contributed by atoms with van der Waals surface area (Å²) in [5.41, 5.74) is 0.795. The van der Waals surface area contributed by atoms with Crippen LogP contribution in [0.15, 0.2) is 0 Å². The van der Waals surface area contributed by atoms with Gasteiger partial charge in [-0.2, -0.15) is 0 Å². The number of nitrogens with zero attached hydrogens (tertiary/aromatic N) is 3. The molecule has 0 unspecified atom stereocenters. The van der Waals surface area contributed by atoms with Gasteiger partial charge >= 0.3 is 0 Å². The first kappa shape index (κ1) is 14.5. The van der Waals surface area contributed by atoms with Crippen molar-refractivity contribution in [3.05, 3.63) is 16.5 Å². The summed E-state index contributed by atoms with van der Waals surface area (Å²) in [6.45, 7) is 12.7. The van der Waals surface area contributed by atoms with E-state index in [-0.39, 0.29) is 11.5 Å². The van der Waals surface area contributed by atoms with Crippen molar-refractivity contribution in [1.82, 2.24) is 9.97 Å². The smallest absolute Gasteiger partial charge is 0.137 e. The minimum atomic E-state index is -0.153. The van der Waals surface area contributed by atoms with Crippen molar-refractivity contribution in [1.29, 1.82) is 0 Å². The van der Waals surface area contributed by atoms with E-state index in [4.69, 9.17) is 21.3 Å². The number of anilines is 1. The van der Waals surface area contributed by atoms with Gasteiger partial charge in [-0.05, 0) is 20.8 Å². The highest BCUT2D eigenvalue weighted by Gasteiger charge is 2.29. The highest BCUT2D eigenvalue weighted by molar-refractivity contribution is 6.30. The van der Waals surface area contributed by atoms with Gasteiger partial charge in [0.25, 0.3) is 0 Å². The molecule has 0 N–H and O–H groups in total. The molecule has 4 nitrogen and oxygen atoms in total. The molecule has 0 bridgehead atoms. The van der Waals surface area contributed by atoms with Gasteiger partial charge in [0, 0.05) is 24.6 Å². The molecule has 1 aliphatic heterocycles. The fourth-order valence-electron chi connectivity index (χ4n) is 2.26. The van der Waals surface area contributed by atoms with Crippen molar-refractivity contribution in [2.24, 2.45) is 0 Å². The van der Waals surface area contributed by atoms with Crippen LogP contribution in [0, 0.1) is 6.92 Å². The van der Waals surface area contributed by atoms with Crippen LogP contribution in [-0.2, 0) is 4.74 Å². The number of hydrogen-bond donors (Lipinski definition) is 0. The molecule has 1 aromatic heterocycles. The van der Waals surface area contributed by atoms with E-state index in [9.17, 15) is 0 Å². The van der Waals surface area contributed by atoms with Crippen molar-refractivity contribution < 1.29 is 4.74 Å². The van der Waals surface area contributed by atoms with E-state index < -0.39 is 0 Å². The lowest BCUT2D eigenvalue weighted by Gasteiger charge is -2.39. The van der Waals surface area contributed by atoms with Crippen molar-refractivity contribution in [3.8, 4) is 0 Å². The second-order valence-electron chi connectivity index (χ2n) is 6.01. The van der Waals surface area contributed by atoms with Gasteiger partial charge in [0.1, 0.15) is 16.8 Å². The first-order valence-electron chi connectivity index (χ1n) is 6.73. The maximum atomic E-state index is 6.24.